The van der Waals surface area contributed by atoms with Crippen LogP contribution in [0.4, 0.5) is 0 Å². The molecule has 2 aliphatic rings. The minimum absolute atomic E-state index is 0.0385. The monoisotopic (exact) mass is 298 g/mol. The lowest BCUT2D eigenvalue weighted by molar-refractivity contribution is -0.171. The fourth-order valence-electron chi connectivity index (χ4n) is 3.76. The molecule has 0 aromatic carbocycles. The molecule has 0 heterocycles. The SMILES string of the molecule is CCOC1CC(N)(C(=O)NCC2(CO)CCCC2)C1(C)C. The fraction of sp³-hybridized carbons (Fsp3) is 0.938. The Balaban J connectivity index is 1.94. The molecule has 0 bridgehead atoms. The Bertz CT molecular complexity index is 391. The summed E-state index contributed by atoms with van der Waals surface area (Å²) in [6, 6.07) is 0. The molecule has 0 radical (unpaired) electrons. The van der Waals surface area contributed by atoms with Gasteiger partial charge in [0, 0.05) is 30.4 Å². The maximum atomic E-state index is 12.6. The molecule has 0 aromatic heterocycles. The number of ether oxygens (including phenoxy) is 1. The van der Waals surface area contributed by atoms with Gasteiger partial charge in [-0.2, -0.15) is 0 Å². The summed E-state index contributed by atoms with van der Waals surface area (Å²) < 4.78 is 5.66. The van der Waals surface area contributed by atoms with Crippen LogP contribution in [0.1, 0.15) is 52.9 Å². The third-order valence-electron chi connectivity index (χ3n) is 5.86. The maximum Gasteiger partial charge on any atom is 0.240 e. The molecule has 2 unspecified atom stereocenters. The first-order chi connectivity index (χ1) is 9.81. The summed E-state index contributed by atoms with van der Waals surface area (Å²) in [6.07, 6.45) is 4.81. The third kappa shape index (κ3) is 2.71. The highest BCUT2D eigenvalue weighted by atomic mass is 16.5. The summed E-state index contributed by atoms with van der Waals surface area (Å²) in [5, 5.41) is 12.6. The average molecular weight is 298 g/mol. The van der Waals surface area contributed by atoms with E-state index in [1.807, 2.05) is 20.8 Å². The number of aliphatic hydroxyl groups excluding tert-OH is 1. The molecular formula is C16H30N2O3. The molecule has 21 heavy (non-hydrogen) atoms. The summed E-state index contributed by atoms with van der Waals surface area (Å²) in [5.74, 6) is -0.108. The maximum absolute atomic E-state index is 12.6. The molecule has 5 nitrogen and oxygen atoms in total. The van der Waals surface area contributed by atoms with E-state index in [4.69, 9.17) is 10.5 Å². The van der Waals surface area contributed by atoms with E-state index in [1.165, 1.54) is 0 Å². The predicted molar refractivity (Wildman–Crippen MR) is 81.7 cm³/mol. The molecule has 0 aromatic rings. The quantitative estimate of drug-likeness (QED) is 0.687. The third-order valence-corrected chi connectivity index (χ3v) is 5.86. The van der Waals surface area contributed by atoms with Gasteiger partial charge in [0.05, 0.1) is 12.7 Å². The van der Waals surface area contributed by atoms with E-state index in [0.29, 0.717) is 19.6 Å². The number of amides is 1. The predicted octanol–water partition coefficient (Wildman–Crippen LogP) is 1.19. The van der Waals surface area contributed by atoms with E-state index in [9.17, 15) is 9.90 Å². The zero-order chi connectivity index (χ0) is 15.7. The molecule has 0 spiro atoms. The molecule has 122 valence electrons. The lowest BCUT2D eigenvalue weighted by Gasteiger charge is -2.57. The zero-order valence-corrected chi connectivity index (χ0v) is 13.6. The molecular weight excluding hydrogens is 268 g/mol. The molecule has 4 N–H and O–H groups in total. The van der Waals surface area contributed by atoms with Crippen LogP contribution in [0.2, 0.25) is 0 Å². The minimum Gasteiger partial charge on any atom is -0.396 e. The van der Waals surface area contributed by atoms with Gasteiger partial charge in [0.25, 0.3) is 0 Å². The number of rotatable bonds is 6. The summed E-state index contributed by atoms with van der Waals surface area (Å²) in [5.41, 5.74) is 4.98. The van der Waals surface area contributed by atoms with E-state index < -0.39 is 5.54 Å². The fourth-order valence-corrected chi connectivity index (χ4v) is 3.76. The van der Waals surface area contributed by atoms with Gasteiger partial charge in [0.15, 0.2) is 0 Å². The number of carbonyl (C=O) groups excluding carboxylic acids is 1. The Labute approximate surface area is 127 Å². The van der Waals surface area contributed by atoms with Crippen molar-refractivity contribution < 1.29 is 14.6 Å². The summed E-state index contributed by atoms with van der Waals surface area (Å²) in [7, 11) is 0. The lowest BCUT2D eigenvalue weighted by Crippen LogP contribution is -2.76. The molecule has 2 rings (SSSR count). The van der Waals surface area contributed by atoms with Crippen molar-refractivity contribution in [3.05, 3.63) is 0 Å². The van der Waals surface area contributed by atoms with E-state index in [0.717, 1.165) is 25.7 Å². The Morgan fingerprint density at radius 2 is 2.00 bits per heavy atom. The van der Waals surface area contributed by atoms with Gasteiger partial charge in [0.1, 0.15) is 5.54 Å². The van der Waals surface area contributed by atoms with Crippen LogP contribution in [0, 0.1) is 10.8 Å². The van der Waals surface area contributed by atoms with Crippen LogP contribution >= 0.6 is 0 Å². The van der Waals surface area contributed by atoms with Gasteiger partial charge < -0.3 is 20.9 Å². The van der Waals surface area contributed by atoms with Crippen LogP contribution in [0.25, 0.3) is 0 Å². The second kappa shape index (κ2) is 5.86. The molecule has 0 saturated heterocycles. The number of hydrogen-bond acceptors (Lipinski definition) is 4. The highest BCUT2D eigenvalue weighted by Gasteiger charge is 2.62. The Morgan fingerprint density at radius 1 is 1.38 bits per heavy atom. The first kappa shape index (κ1) is 16.7. The Morgan fingerprint density at radius 3 is 2.48 bits per heavy atom. The normalized spacial score (nSPS) is 33.5. The Kier molecular flexibility index (Phi) is 4.66. The van der Waals surface area contributed by atoms with Gasteiger partial charge >= 0.3 is 0 Å². The van der Waals surface area contributed by atoms with Gasteiger partial charge in [-0.3, -0.25) is 4.79 Å². The van der Waals surface area contributed by atoms with E-state index >= 15 is 0 Å². The molecule has 2 aliphatic carbocycles. The van der Waals surface area contributed by atoms with Gasteiger partial charge in [0.2, 0.25) is 5.91 Å². The molecule has 2 saturated carbocycles. The number of hydrogen-bond donors (Lipinski definition) is 3. The van der Waals surface area contributed by atoms with Crippen LogP contribution < -0.4 is 11.1 Å². The number of nitrogens with one attached hydrogen (secondary N) is 1. The molecule has 1 amide bonds. The number of nitrogens with two attached hydrogens (primary N) is 1. The highest BCUT2D eigenvalue weighted by molar-refractivity contribution is 5.88. The van der Waals surface area contributed by atoms with E-state index in [-0.39, 0.29) is 29.4 Å². The van der Waals surface area contributed by atoms with Gasteiger partial charge in [-0.1, -0.05) is 26.7 Å². The minimum atomic E-state index is -0.873. The van der Waals surface area contributed by atoms with Crippen LogP contribution in [0.3, 0.4) is 0 Å². The molecule has 2 fully saturated rings. The van der Waals surface area contributed by atoms with Crippen molar-refractivity contribution >= 4 is 5.91 Å². The van der Waals surface area contributed by atoms with E-state index in [1.54, 1.807) is 0 Å². The molecule has 2 atom stereocenters. The first-order valence-corrected chi connectivity index (χ1v) is 8.11. The average Bonchev–Trinajstić information content (AvgIpc) is 2.93. The van der Waals surface area contributed by atoms with Crippen LogP contribution in [-0.2, 0) is 9.53 Å². The van der Waals surface area contributed by atoms with Crippen molar-refractivity contribution in [2.75, 3.05) is 19.8 Å². The highest BCUT2D eigenvalue weighted by Crippen LogP contribution is 2.50. The van der Waals surface area contributed by atoms with Crippen molar-refractivity contribution in [1.82, 2.24) is 5.32 Å². The van der Waals surface area contributed by atoms with Crippen molar-refractivity contribution in [3.63, 3.8) is 0 Å². The van der Waals surface area contributed by atoms with Crippen molar-refractivity contribution in [1.29, 1.82) is 0 Å². The Hall–Kier alpha value is -0.650. The molecule has 5 heteroatoms. The summed E-state index contributed by atoms with van der Waals surface area (Å²) >= 11 is 0. The van der Waals surface area contributed by atoms with Crippen molar-refractivity contribution in [2.45, 2.75) is 64.5 Å². The first-order valence-electron chi connectivity index (χ1n) is 8.11. The van der Waals surface area contributed by atoms with Crippen molar-refractivity contribution in [2.24, 2.45) is 16.6 Å². The van der Waals surface area contributed by atoms with Crippen LogP contribution in [0.15, 0.2) is 0 Å². The van der Waals surface area contributed by atoms with Crippen LogP contribution in [-0.4, -0.2) is 42.4 Å². The smallest absolute Gasteiger partial charge is 0.240 e. The second-order valence-corrected chi connectivity index (χ2v) is 7.39. The van der Waals surface area contributed by atoms with Gasteiger partial charge in [-0.25, -0.2) is 0 Å². The largest absolute Gasteiger partial charge is 0.396 e. The van der Waals surface area contributed by atoms with Crippen LogP contribution in [0.5, 0.6) is 0 Å². The number of carbonyl (C=O) groups is 1. The lowest BCUT2D eigenvalue weighted by atomic mass is 9.54. The zero-order valence-electron chi connectivity index (χ0n) is 13.6. The molecule has 0 aliphatic heterocycles. The topological polar surface area (TPSA) is 84.6 Å². The number of aliphatic hydroxyl groups is 1. The standard InChI is InChI=1S/C16H30N2O3/c1-4-21-12-9-16(17,14(12,2)3)13(20)18-10-15(11-19)7-5-6-8-15/h12,19H,4-11,17H2,1-3H3,(H,18,20). The summed E-state index contributed by atoms with van der Waals surface area (Å²) in [6.45, 7) is 7.24. The van der Waals surface area contributed by atoms with Gasteiger partial charge in [-0.15, -0.1) is 0 Å². The van der Waals surface area contributed by atoms with Gasteiger partial charge in [-0.05, 0) is 19.8 Å². The summed E-state index contributed by atoms with van der Waals surface area (Å²) in [4.78, 5) is 12.6. The second-order valence-electron chi connectivity index (χ2n) is 7.39. The van der Waals surface area contributed by atoms with E-state index in [2.05, 4.69) is 5.32 Å². The van der Waals surface area contributed by atoms with Crippen molar-refractivity contribution in [3.8, 4) is 0 Å².